The van der Waals surface area contributed by atoms with Crippen molar-refractivity contribution in [2.24, 2.45) is 5.84 Å². The molecular formula is C10H7BrClF2N5. The lowest BCUT2D eigenvalue weighted by Gasteiger charge is -2.11. The highest BCUT2D eigenvalue weighted by molar-refractivity contribution is 9.10. The molecule has 0 amide bonds. The number of rotatable bonds is 3. The van der Waals surface area contributed by atoms with Crippen LogP contribution in [0.5, 0.6) is 0 Å². The highest BCUT2D eigenvalue weighted by Crippen LogP contribution is 2.31. The van der Waals surface area contributed by atoms with Gasteiger partial charge in [-0.1, -0.05) is 11.6 Å². The predicted molar refractivity (Wildman–Crippen MR) is 72.2 cm³/mol. The predicted octanol–water partition coefficient (Wildman–Crippen LogP) is 3.20. The Morgan fingerprint density at radius 1 is 1.32 bits per heavy atom. The maximum absolute atomic E-state index is 13.6. The number of hydrazine groups is 1. The van der Waals surface area contributed by atoms with Crippen LogP contribution < -0.4 is 16.6 Å². The zero-order valence-electron chi connectivity index (χ0n) is 9.22. The Bertz CT molecular complexity index is 602. The first-order valence-electron chi connectivity index (χ1n) is 4.92. The van der Waals surface area contributed by atoms with Gasteiger partial charge in [0.1, 0.15) is 5.82 Å². The van der Waals surface area contributed by atoms with Crippen LogP contribution in [0.4, 0.5) is 26.2 Å². The Labute approximate surface area is 120 Å². The molecule has 0 saturated carbocycles. The van der Waals surface area contributed by atoms with E-state index < -0.39 is 11.6 Å². The third kappa shape index (κ3) is 3.09. The lowest BCUT2D eigenvalue weighted by molar-refractivity contribution is 0.586. The molecule has 2 rings (SSSR count). The summed E-state index contributed by atoms with van der Waals surface area (Å²) in [7, 11) is 0. The number of nitrogen functional groups attached to an aromatic ring is 1. The largest absolute Gasteiger partial charge is 0.336 e. The molecule has 0 aliphatic rings. The second-order valence-corrected chi connectivity index (χ2v) is 4.67. The molecule has 0 aliphatic carbocycles. The van der Waals surface area contributed by atoms with E-state index in [4.69, 9.17) is 17.4 Å². The lowest BCUT2D eigenvalue weighted by Crippen LogP contribution is -2.11. The van der Waals surface area contributed by atoms with E-state index in [-0.39, 0.29) is 22.5 Å². The van der Waals surface area contributed by atoms with Crippen LogP contribution in [0, 0.1) is 11.6 Å². The Morgan fingerprint density at radius 3 is 2.68 bits per heavy atom. The van der Waals surface area contributed by atoms with Crippen LogP contribution in [0.1, 0.15) is 0 Å². The zero-order chi connectivity index (χ0) is 14.0. The van der Waals surface area contributed by atoms with Gasteiger partial charge in [-0.2, -0.15) is 4.98 Å². The summed E-state index contributed by atoms with van der Waals surface area (Å²) in [6.45, 7) is 0. The highest BCUT2D eigenvalue weighted by atomic mass is 79.9. The molecule has 0 fully saturated rings. The molecule has 0 spiro atoms. The second-order valence-electron chi connectivity index (χ2n) is 3.40. The Hall–Kier alpha value is -1.51. The molecular weight excluding hydrogens is 343 g/mol. The molecule has 0 saturated heterocycles. The maximum atomic E-state index is 13.6. The van der Waals surface area contributed by atoms with E-state index in [0.29, 0.717) is 10.5 Å². The summed E-state index contributed by atoms with van der Waals surface area (Å²) < 4.78 is 27.0. The first kappa shape index (κ1) is 13.9. The molecule has 100 valence electrons. The van der Waals surface area contributed by atoms with Gasteiger partial charge in [0.15, 0.2) is 11.6 Å². The van der Waals surface area contributed by atoms with E-state index in [2.05, 4.69) is 36.6 Å². The normalized spacial score (nSPS) is 10.4. The van der Waals surface area contributed by atoms with Gasteiger partial charge in [-0.15, -0.1) is 0 Å². The molecule has 19 heavy (non-hydrogen) atoms. The molecule has 0 bridgehead atoms. The summed E-state index contributed by atoms with van der Waals surface area (Å²) in [4.78, 5) is 7.80. The van der Waals surface area contributed by atoms with Crippen molar-refractivity contribution in [3.05, 3.63) is 39.5 Å². The number of hydrogen-bond donors (Lipinski definition) is 3. The van der Waals surface area contributed by atoms with Gasteiger partial charge in [-0.25, -0.2) is 19.6 Å². The molecule has 1 aromatic carbocycles. The molecule has 2 aromatic rings. The van der Waals surface area contributed by atoms with Crippen LogP contribution in [0.15, 0.2) is 22.8 Å². The first-order chi connectivity index (χ1) is 9.01. The highest BCUT2D eigenvalue weighted by Gasteiger charge is 2.13. The number of nitrogens with two attached hydrogens (primary N) is 1. The molecule has 9 heteroatoms. The van der Waals surface area contributed by atoms with Gasteiger partial charge < -0.3 is 5.32 Å². The molecule has 1 aromatic heterocycles. The van der Waals surface area contributed by atoms with Crippen LogP contribution in [-0.2, 0) is 0 Å². The van der Waals surface area contributed by atoms with E-state index >= 15 is 0 Å². The number of nitrogens with one attached hydrogen (secondary N) is 2. The molecule has 0 radical (unpaired) electrons. The van der Waals surface area contributed by atoms with Crippen molar-refractivity contribution in [2.75, 3.05) is 10.7 Å². The zero-order valence-corrected chi connectivity index (χ0v) is 11.6. The van der Waals surface area contributed by atoms with Crippen LogP contribution in [0.25, 0.3) is 0 Å². The van der Waals surface area contributed by atoms with Crippen LogP contribution in [0.2, 0.25) is 5.02 Å². The molecule has 4 N–H and O–H groups in total. The van der Waals surface area contributed by atoms with Crippen molar-refractivity contribution < 1.29 is 8.78 Å². The molecule has 5 nitrogen and oxygen atoms in total. The first-order valence-corrected chi connectivity index (χ1v) is 6.09. The number of nitrogens with zero attached hydrogens (tertiary/aromatic N) is 2. The molecule has 0 aliphatic heterocycles. The number of aromatic nitrogens is 2. The van der Waals surface area contributed by atoms with Crippen LogP contribution in [-0.4, -0.2) is 9.97 Å². The van der Waals surface area contributed by atoms with Crippen LogP contribution in [0.3, 0.4) is 0 Å². The smallest absolute Gasteiger partial charge is 0.239 e. The third-order valence-electron chi connectivity index (χ3n) is 2.12. The van der Waals surface area contributed by atoms with Crippen molar-refractivity contribution in [3.8, 4) is 0 Å². The number of anilines is 3. The van der Waals surface area contributed by atoms with Gasteiger partial charge in [0.05, 0.1) is 15.2 Å². The molecule has 0 unspecified atom stereocenters. The van der Waals surface area contributed by atoms with Gasteiger partial charge in [0.2, 0.25) is 5.95 Å². The van der Waals surface area contributed by atoms with Crippen molar-refractivity contribution in [1.29, 1.82) is 0 Å². The minimum Gasteiger partial charge on any atom is -0.336 e. The van der Waals surface area contributed by atoms with E-state index in [0.717, 1.165) is 6.07 Å². The summed E-state index contributed by atoms with van der Waals surface area (Å²) in [5, 5.41) is 2.54. The van der Waals surface area contributed by atoms with Crippen LogP contribution >= 0.6 is 27.5 Å². The number of hydrogen-bond acceptors (Lipinski definition) is 5. The van der Waals surface area contributed by atoms with Gasteiger partial charge in [0.25, 0.3) is 0 Å². The second kappa shape index (κ2) is 5.64. The number of halogens is 4. The average molecular weight is 351 g/mol. The van der Waals surface area contributed by atoms with Gasteiger partial charge in [-0.3, -0.25) is 5.43 Å². The summed E-state index contributed by atoms with van der Waals surface area (Å²) in [6, 6.07) is 1.70. The van der Waals surface area contributed by atoms with Crippen molar-refractivity contribution in [1.82, 2.24) is 9.97 Å². The summed E-state index contributed by atoms with van der Waals surface area (Å²) in [5.74, 6) is 3.93. The Morgan fingerprint density at radius 2 is 2.05 bits per heavy atom. The minimum atomic E-state index is -0.835. The quantitative estimate of drug-likeness (QED) is 0.585. The molecule has 1 heterocycles. The summed E-state index contributed by atoms with van der Waals surface area (Å²) in [5.41, 5.74) is 2.16. The summed E-state index contributed by atoms with van der Waals surface area (Å²) >= 11 is 8.95. The van der Waals surface area contributed by atoms with E-state index in [1.165, 1.54) is 6.20 Å². The Balaban J connectivity index is 2.41. The SMILES string of the molecule is NNc1ncc(Br)c(Nc2c(F)cc(F)cc2Cl)n1. The fraction of sp³-hybridized carbons (Fsp3) is 0. The standard InChI is InChI=1S/C10H7BrClF2N5/c11-5-3-16-10(19-15)18-9(5)17-8-6(12)1-4(13)2-7(8)14/h1-3H,15H2,(H2,16,17,18,19). The van der Waals surface area contributed by atoms with Gasteiger partial charge >= 0.3 is 0 Å². The topological polar surface area (TPSA) is 75.9 Å². The van der Waals surface area contributed by atoms with Crippen molar-refractivity contribution >= 4 is 45.0 Å². The van der Waals surface area contributed by atoms with Gasteiger partial charge in [0, 0.05) is 12.3 Å². The lowest BCUT2D eigenvalue weighted by atomic mass is 10.3. The average Bonchev–Trinajstić information content (AvgIpc) is 2.35. The summed E-state index contributed by atoms with van der Waals surface area (Å²) in [6.07, 6.45) is 1.42. The fourth-order valence-electron chi connectivity index (χ4n) is 1.30. The minimum absolute atomic E-state index is 0.0922. The van der Waals surface area contributed by atoms with Gasteiger partial charge in [-0.05, 0) is 22.0 Å². The Kier molecular flexibility index (Phi) is 4.13. The monoisotopic (exact) mass is 349 g/mol. The maximum Gasteiger partial charge on any atom is 0.239 e. The van der Waals surface area contributed by atoms with E-state index in [1.54, 1.807) is 0 Å². The fourth-order valence-corrected chi connectivity index (χ4v) is 1.84. The third-order valence-corrected chi connectivity index (χ3v) is 3.00. The van der Waals surface area contributed by atoms with E-state index in [9.17, 15) is 8.78 Å². The van der Waals surface area contributed by atoms with Crippen molar-refractivity contribution in [2.45, 2.75) is 0 Å². The number of benzene rings is 1. The molecule has 0 atom stereocenters. The van der Waals surface area contributed by atoms with Crippen molar-refractivity contribution in [3.63, 3.8) is 0 Å². The van der Waals surface area contributed by atoms with E-state index in [1.807, 2.05) is 0 Å².